The second-order valence-electron chi connectivity index (χ2n) is 11.8. The SMILES string of the molecule is COc1cc2c(CC(=O)O)c(-c3c(C)cc4c(C(C)C)c(OC)c(OC)cc4c3CC(=O)O)c(C)cc2c(C(C)C)c1OC. The van der Waals surface area contributed by atoms with Gasteiger partial charge in [0.15, 0.2) is 23.0 Å². The number of fused-ring (bicyclic) bond motifs is 2. The summed E-state index contributed by atoms with van der Waals surface area (Å²) in [6, 6.07) is 7.77. The maximum atomic E-state index is 12.5. The molecule has 234 valence electrons. The number of hydrogen-bond donors (Lipinski definition) is 2. The molecule has 0 aliphatic heterocycles. The molecule has 0 radical (unpaired) electrons. The van der Waals surface area contributed by atoms with Crippen LogP contribution in [0.2, 0.25) is 0 Å². The summed E-state index contributed by atoms with van der Waals surface area (Å²) < 4.78 is 23.0. The number of ether oxygens (including phenoxy) is 4. The van der Waals surface area contributed by atoms with Gasteiger partial charge in [-0.15, -0.1) is 0 Å². The summed E-state index contributed by atoms with van der Waals surface area (Å²) in [7, 11) is 6.32. The molecule has 0 saturated heterocycles. The zero-order valence-corrected chi connectivity index (χ0v) is 27.2. The molecule has 0 aliphatic rings. The minimum Gasteiger partial charge on any atom is -0.493 e. The lowest BCUT2D eigenvalue weighted by Crippen LogP contribution is -2.10. The molecular formula is C36H42O8. The number of carbonyl (C=O) groups is 2. The average molecular weight is 603 g/mol. The van der Waals surface area contributed by atoms with Crippen molar-refractivity contribution in [2.45, 2.75) is 66.2 Å². The van der Waals surface area contributed by atoms with Crippen LogP contribution in [0.15, 0.2) is 24.3 Å². The summed E-state index contributed by atoms with van der Waals surface area (Å²) in [5, 5.41) is 23.6. The van der Waals surface area contributed by atoms with E-state index in [4.69, 9.17) is 18.9 Å². The highest BCUT2D eigenvalue weighted by molar-refractivity contribution is 6.05. The van der Waals surface area contributed by atoms with Crippen LogP contribution in [-0.4, -0.2) is 50.6 Å². The van der Waals surface area contributed by atoms with Gasteiger partial charge in [0.25, 0.3) is 0 Å². The van der Waals surface area contributed by atoms with Crippen LogP contribution >= 0.6 is 0 Å². The fourth-order valence-corrected chi connectivity index (χ4v) is 6.72. The molecule has 0 amide bonds. The molecule has 0 heterocycles. The van der Waals surface area contributed by atoms with Crippen molar-refractivity contribution >= 4 is 33.5 Å². The predicted octanol–water partition coefficient (Wildman–Crippen LogP) is 7.81. The normalized spacial score (nSPS) is 11.5. The maximum absolute atomic E-state index is 12.5. The molecule has 0 bridgehead atoms. The van der Waals surface area contributed by atoms with E-state index in [2.05, 4.69) is 39.8 Å². The minimum absolute atomic E-state index is 0.0485. The van der Waals surface area contributed by atoms with Crippen molar-refractivity contribution in [2.75, 3.05) is 28.4 Å². The lowest BCUT2D eigenvalue weighted by Gasteiger charge is -2.26. The summed E-state index contributed by atoms with van der Waals surface area (Å²) in [4.78, 5) is 24.9. The Bertz CT molecular complexity index is 1650. The van der Waals surface area contributed by atoms with E-state index in [-0.39, 0.29) is 24.7 Å². The van der Waals surface area contributed by atoms with Crippen LogP contribution in [0.1, 0.15) is 72.9 Å². The predicted molar refractivity (Wildman–Crippen MR) is 173 cm³/mol. The molecule has 4 rings (SSSR count). The summed E-state index contributed by atoms with van der Waals surface area (Å²) >= 11 is 0. The Hall–Kier alpha value is -4.46. The number of methoxy groups -OCH3 is 4. The second kappa shape index (κ2) is 12.6. The number of benzene rings is 4. The van der Waals surface area contributed by atoms with Gasteiger partial charge in [0.2, 0.25) is 0 Å². The van der Waals surface area contributed by atoms with Gasteiger partial charge >= 0.3 is 11.9 Å². The molecule has 0 unspecified atom stereocenters. The van der Waals surface area contributed by atoms with Crippen molar-refractivity contribution in [1.82, 2.24) is 0 Å². The lowest BCUT2D eigenvalue weighted by molar-refractivity contribution is -0.137. The van der Waals surface area contributed by atoms with Crippen LogP contribution in [-0.2, 0) is 22.4 Å². The van der Waals surface area contributed by atoms with Gasteiger partial charge in [-0.2, -0.15) is 0 Å². The maximum Gasteiger partial charge on any atom is 0.307 e. The quantitative estimate of drug-likeness (QED) is 0.179. The van der Waals surface area contributed by atoms with Gasteiger partial charge in [-0.25, -0.2) is 0 Å². The monoisotopic (exact) mass is 602 g/mol. The zero-order chi connectivity index (χ0) is 32.6. The minimum atomic E-state index is -0.995. The van der Waals surface area contributed by atoms with E-state index in [1.165, 1.54) is 0 Å². The van der Waals surface area contributed by atoms with E-state index in [0.29, 0.717) is 45.3 Å². The smallest absolute Gasteiger partial charge is 0.307 e. The highest BCUT2D eigenvalue weighted by Gasteiger charge is 2.28. The van der Waals surface area contributed by atoms with E-state index in [1.54, 1.807) is 28.4 Å². The molecule has 44 heavy (non-hydrogen) atoms. The van der Waals surface area contributed by atoms with Crippen LogP contribution in [0.25, 0.3) is 32.7 Å². The standard InChI is InChI=1S/C36H42O8/c1-17(2)31-23-11-19(5)33(25(15-29(37)38)21(23)13-27(41-7)35(31)43-9)34-20(6)12-24-22(26(34)16-30(39)40)14-28(42-8)36(44-10)32(24)18(3)4/h11-14,17-18H,15-16H2,1-10H3,(H,37,38)(H,39,40). The number of carboxylic acid groups (broad SMARTS) is 2. The third-order valence-electron chi connectivity index (χ3n) is 8.32. The van der Waals surface area contributed by atoms with Gasteiger partial charge in [0.05, 0.1) is 41.3 Å². The lowest BCUT2D eigenvalue weighted by atomic mass is 9.79. The van der Waals surface area contributed by atoms with E-state index in [1.807, 2.05) is 26.0 Å². The number of aliphatic carboxylic acids is 2. The van der Waals surface area contributed by atoms with Crippen molar-refractivity contribution in [3.8, 4) is 34.1 Å². The molecule has 0 aromatic heterocycles. The largest absolute Gasteiger partial charge is 0.493 e. The molecule has 0 saturated carbocycles. The molecule has 0 spiro atoms. The topological polar surface area (TPSA) is 112 Å². The summed E-state index contributed by atoms with van der Waals surface area (Å²) in [6.45, 7) is 12.1. The summed E-state index contributed by atoms with van der Waals surface area (Å²) in [5.74, 6) is 0.337. The van der Waals surface area contributed by atoms with Crippen molar-refractivity contribution in [3.63, 3.8) is 0 Å². The first-order valence-electron chi connectivity index (χ1n) is 14.7. The van der Waals surface area contributed by atoms with E-state index in [9.17, 15) is 19.8 Å². The molecule has 2 N–H and O–H groups in total. The van der Waals surface area contributed by atoms with Gasteiger partial charge in [-0.1, -0.05) is 39.8 Å². The molecule has 8 nitrogen and oxygen atoms in total. The second-order valence-corrected chi connectivity index (χ2v) is 11.8. The first-order chi connectivity index (χ1) is 20.8. The number of hydrogen-bond acceptors (Lipinski definition) is 6. The molecule has 4 aromatic rings. The van der Waals surface area contributed by atoms with Crippen molar-refractivity contribution in [1.29, 1.82) is 0 Å². The Morgan fingerprint density at radius 1 is 0.591 bits per heavy atom. The molecule has 4 aromatic carbocycles. The van der Waals surface area contributed by atoms with Crippen molar-refractivity contribution in [2.24, 2.45) is 0 Å². The van der Waals surface area contributed by atoms with Crippen molar-refractivity contribution in [3.05, 3.63) is 57.6 Å². The van der Waals surface area contributed by atoms with Gasteiger partial charge in [0, 0.05) is 11.1 Å². The average Bonchev–Trinajstić information content (AvgIpc) is 2.95. The Morgan fingerprint density at radius 3 is 1.18 bits per heavy atom. The molecule has 0 fully saturated rings. The van der Waals surface area contributed by atoms with E-state index in [0.717, 1.165) is 43.8 Å². The van der Waals surface area contributed by atoms with Crippen LogP contribution in [0.3, 0.4) is 0 Å². The Morgan fingerprint density at radius 2 is 0.932 bits per heavy atom. The first-order valence-corrected chi connectivity index (χ1v) is 14.7. The third-order valence-corrected chi connectivity index (χ3v) is 8.32. The number of carboxylic acids is 2. The van der Waals surface area contributed by atoms with Crippen LogP contribution in [0.5, 0.6) is 23.0 Å². The van der Waals surface area contributed by atoms with E-state index >= 15 is 0 Å². The van der Waals surface area contributed by atoms with Crippen LogP contribution < -0.4 is 18.9 Å². The van der Waals surface area contributed by atoms with Gasteiger partial charge in [0.1, 0.15) is 0 Å². The fraction of sp³-hybridized carbons (Fsp3) is 0.389. The highest BCUT2D eigenvalue weighted by Crippen LogP contribution is 2.49. The van der Waals surface area contributed by atoms with Crippen LogP contribution in [0.4, 0.5) is 0 Å². The third kappa shape index (κ3) is 5.49. The molecule has 0 atom stereocenters. The van der Waals surface area contributed by atoms with Gasteiger partial charge in [-0.3, -0.25) is 9.59 Å². The Kier molecular flexibility index (Phi) is 9.33. The summed E-state index contributed by atoms with van der Waals surface area (Å²) in [6.07, 6.45) is -0.540. The Labute approximate surface area is 258 Å². The number of rotatable bonds is 11. The van der Waals surface area contributed by atoms with E-state index < -0.39 is 11.9 Å². The van der Waals surface area contributed by atoms with Gasteiger partial charge in [-0.05, 0) is 92.7 Å². The molecule has 8 heteroatoms. The molecule has 0 aliphatic carbocycles. The first kappa shape index (κ1) is 32.5. The zero-order valence-electron chi connectivity index (χ0n) is 27.2. The van der Waals surface area contributed by atoms with Crippen LogP contribution in [0, 0.1) is 13.8 Å². The fourth-order valence-electron chi connectivity index (χ4n) is 6.72. The highest BCUT2D eigenvalue weighted by atomic mass is 16.5. The summed E-state index contributed by atoms with van der Waals surface area (Å²) in [5.41, 5.74) is 6.10. The van der Waals surface area contributed by atoms with Gasteiger partial charge < -0.3 is 29.2 Å². The van der Waals surface area contributed by atoms with Crippen molar-refractivity contribution < 1.29 is 38.7 Å². The number of aryl methyl sites for hydroxylation is 2. The Balaban J connectivity index is 2.31. The molecular weight excluding hydrogens is 560 g/mol.